The van der Waals surface area contributed by atoms with Crippen molar-refractivity contribution >= 4 is 34.6 Å². The van der Waals surface area contributed by atoms with E-state index in [1.54, 1.807) is 18.3 Å². The van der Waals surface area contributed by atoms with Crippen molar-refractivity contribution in [2.45, 2.75) is 0 Å². The monoisotopic (exact) mass is 314 g/mol. The number of amides is 1. The van der Waals surface area contributed by atoms with E-state index < -0.39 is 22.9 Å². The van der Waals surface area contributed by atoms with Crippen LogP contribution < -0.4 is 5.32 Å². The first-order valence-electron chi connectivity index (χ1n) is 5.06. The van der Waals surface area contributed by atoms with Gasteiger partial charge in [-0.1, -0.05) is 0 Å². The van der Waals surface area contributed by atoms with E-state index in [-0.39, 0.29) is 5.91 Å². The summed E-state index contributed by atoms with van der Waals surface area (Å²) in [6, 6.07) is 5.39. The number of hydrogen-bond donors (Lipinski definition) is 1. The van der Waals surface area contributed by atoms with Crippen molar-refractivity contribution in [3.8, 4) is 0 Å². The van der Waals surface area contributed by atoms with E-state index in [0.717, 1.165) is 5.57 Å². The molecule has 1 aromatic heterocycles. The number of anilines is 1. The van der Waals surface area contributed by atoms with Gasteiger partial charge in [0.25, 0.3) is 0 Å². The summed E-state index contributed by atoms with van der Waals surface area (Å²) in [4.78, 5) is 15.8. The standard InChI is InChI=1S/C12H10N2O.In.H/c1-4-9(2)10(3)12(15)14-11-7-5-6-8-13-11;;/h1-2,4-8H,3H2,(H,13,14,15);;. The number of nitrogens with zero attached hydrogens (tertiary/aromatic N) is 1. The molecule has 1 aliphatic rings. The molecule has 1 aliphatic heterocycles. The Labute approximate surface area is 105 Å². The van der Waals surface area contributed by atoms with Crippen molar-refractivity contribution in [2.24, 2.45) is 0 Å². The molecule has 1 amide bonds. The molecular weight excluding hydrogens is 303 g/mol. The molecule has 0 bridgehead atoms. The second-order valence-corrected chi connectivity index (χ2v) is 7.30. The minimum absolute atomic E-state index is 0.178. The zero-order chi connectivity index (χ0) is 11.4. The SMILES string of the molecule is C=C(C(=O)Nc1ccccn1)C1=[CH][InH][CH]=C1. The van der Waals surface area contributed by atoms with Gasteiger partial charge in [0.1, 0.15) is 0 Å². The number of rotatable bonds is 3. The van der Waals surface area contributed by atoms with Crippen LogP contribution in [-0.2, 0) is 4.79 Å². The van der Waals surface area contributed by atoms with Crippen molar-refractivity contribution in [3.63, 3.8) is 0 Å². The van der Waals surface area contributed by atoms with Gasteiger partial charge in [-0.2, -0.15) is 0 Å². The molecule has 0 unspecified atom stereocenters. The topological polar surface area (TPSA) is 42.0 Å². The van der Waals surface area contributed by atoms with Crippen molar-refractivity contribution < 1.29 is 4.79 Å². The molecule has 2 rings (SSSR count). The Morgan fingerprint density at radius 3 is 2.94 bits per heavy atom. The van der Waals surface area contributed by atoms with Gasteiger partial charge >= 0.3 is 106 Å². The summed E-state index contributed by atoms with van der Waals surface area (Å²) in [6.45, 7) is 3.81. The van der Waals surface area contributed by atoms with E-state index in [4.69, 9.17) is 0 Å². The quantitative estimate of drug-likeness (QED) is 0.858. The number of pyridine rings is 1. The summed E-state index contributed by atoms with van der Waals surface area (Å²) >= 11 is -0.819. The average Bonchev–Trinajstić information content (AvgIpc) is 2.83. The zero-order valence-corrected chi connectivity index (χ0v) is 12.8. The molecule has 0 fully saturated rings. The van der Waals surface area contributed by atoms with Crippen LogP contribution >= 0.6 is 0 Å². The second-order valence-electron chi connectivity index (χ2n) is 3.45. The average molecular weight is 314 g/mol. The van der Waals surface area contributed by atoms with Gasteiger partial charge in [0.05, 0.1) is 0 Å². The van der Waals surface area contributed by atoms with Gasteiger partial charge in [-0.3, -0.25) is 0 Å². The summed E-state index contributed by atoms with van der Waals surface area (Å²) in [5, 5.41) is 2.72. The van der Waals surface area contributed by atoms with Crippen LogP contribution in [0.25, 0.3) is 0 Å². The zero-order valence-electron chi connectivity index (χ0n) is 8.81. The molecule has 16 heavy (non-hydrogen) atoms. The molecule has 0 saturated heterocycles. The van der Waals surface area contributed by atoms with Crippen molar-refractivity contribution in [2.75, 3.05) is 5.32 Å². The van der Waals surface area contributed by atoms with Crippen LogP contribution in [0.15, 0.2) is 55.9 Å². The first kappa shape index (κ1) is 11.2. The third-order valence-electron chi connectivity index (χ3n) is 2.30. The molecule has 0 aliphatic carbocycles. The van der Waals surface area contributed by atoms with Gasteiger partial charge < -0.3 is 0 Å². The predicted octanol–water partition coefficient (Wildman–Crippen LogP) is 1.42. The van der Waals surface area contributed by atoms with E-state index in [9.17, 15) is 4.79 Å². The second kappa shape index (κ2) is 5.16. The number of carbonyl (C=O) groups excluding carboxylic acids is 1. The fourth-order valence-electron chi connectivity index (χ4n) is 1.44. The third kappa shape index (κ3) is 2.64. The van der Waals surface area contributed by atoms with E-state index >= 15 is 0 Å². The summed E-state index contributed by atoms with van der Waals surface area (Å²) < 4.78 is 4.39. The molecule has 0 aromatic carbocycles. The summed E-state index contributed by atoms with van der Waals surface area (Å²) in [5.74, 6) is 0.377. The normalized spacial score (nSPS) is 12.9. The molecule has 1 N–H and O–H groups in total. The van der Waals surface area contributed by atoms with Gasteiger partial charge in [0.15, 0.2) is 0 Å². The van der Waals surface area contributed by atoms with E-state index in [2.05, 4.69) is 24.5 Å². The fourth-order valence-corrected chi connectivity index (χ4v) is 4.76. The Hall–Kier alpha value is -1.29. The molecule has 0 atom stereocenters. The molecule has 78 valence electrons. The van der Waals surface area contributed by atoms with Crippen LogP contribution in [0.2, 0.25) is 0 Å². The molecule has 0 saturated carbocycles. The molecule has 0 spiro atoms. The Kier molecular flexibility index (Phi) is 3.62. The molecular formula is C12H11InN2O. The molecule has 0 radical (unpaired) electrons. The van der Waals surface area contributed by atoms with E-state index in [0.29, 0.717) is 11.4 Å². The number of carbonyl (C=O) groups is 1. The van der Waals surface area contributed by atoms with Crippen LogP contribution in [0.4, 0.5) is 5.82 Å². The number of hydrogen-bond acceptors (Lipinski definition) is 2. The van der Waals surface area contributed by atoms with Crippen LogP contribution in [-0.4, -0.2) is 33.8 Å². The van der Waals surface area contributed by atoms with Crippen molar-refractivity contribution in [3.05, 3.63) is 55.9 Å². The van der Waals surface area contributed by atoms with Gasteiger partial charge in [-0.25, -0.2) is 0 Å². The van der Waals surface area contributed by atoms with Crippen LogP contribution in [0.1, 0.15) is 0 Å². The molecule has 4 heteroatoms. The van der Waals surface area contributed by atoms with Gasteiger partial charge in [-0.15, -0.1) is 0 Å². The summed E-state index contributed by atoms with van der Waals surface area (Å²) in [6.07, 6.45) is 3.64. The Morgan fingerprint density at radius 1 is 1.44 bits per heavy atom. The summed E-state index contributed by atoms with van der Waals surface area (Å²) in [5.41, 5.74) is 1.50. The first-order chi connectivity index (χ1) is 7.77. The van der Waals surface area contributed by atoms with Crippen molar-refractivity contribution in [1.29, 1.82) is 0 Å². The van der Waals surface area contributed by atoms with Gasteiger partial charge in [-0.05, 0) is 0 Å². The van der Waals surface area contributed by atoms with Crippen LogP contribution in [0.3, 0.4) is 0 Å². The van der Waals surface area contributed by atoms with Crippen LogP contribution in [0, 0.1) is 0 Å². The number of aromatic nitrogens is 1. The number of nitrogens with one attached hydrogen (secondary N) is 1. The molecule has 1 aromatic rings. The molecule has 2 heterocycles. The van der Waals surface area contributed by atoms with Crippen LogP contribution in [0.5, 0.6) is 0 Å². The third-order valence-corrected chi connectivity index (χ3v) is 5.68. The van der Waals surface area contributed by atoms with Gasteiger partial charge in [0.2, 0.25) is 0 Å². The Balaban J connectivity index is 2.04. The fraction of sp³-hybridized carbons (Fsp3) is 0. The predicted molar refractivity (Wildman–Crippen MR) is 66.4 cm³/mol. The van der Waals surface area contributed by atoms with E-state index in [1.807, 2.05) is 12.1 Å². The number of allylic oxidation sites excluding steroid dienone is 1. The summed E-state index contributed by atoms with van der Waals surface area (Å²) in [7, 11) is 0. The Bertz CT molecular complexity index is 477. The van der Waals surface area contributed by atoms with Crippen molar-refractivity contribution in [1.82, 2.24) is 4.98 Å². The van der Waals surface area contributed by atoms with Gasteiger partial charge in [0, 0.05) is 0 Å². The minimum atomic E-state index is -0.819. The first-order valence-corrected chi connectivity index (χ1v) is 9.72. The maximum absolute atomic E-state index is 11.8. The molecule has 3 nitrogen and oxygen atoms in total. The van der Waals surface area contributed by atoms with E-state index in [1.165, 1.54) is 0 Å². The Morgan fingerprint density at radius 2 is 2.31 bits per heavy atom. The maximum atomic E-state index is 11.8.